The van der Waals surface area contributed by atoms with E-state index < -0.39 is 11.6 Å². The summed E-state index contributed by atoms with van der Waals surface area (Å²) < 4.78 is 34.6. The summed E-state index contributed by atoms with van der Waals surface area (Å²) in [6, 6.07) is 2.85. The Morgan fingerprint density at radius 2 is 1.84 bits per heavy atom. The summed E-state index contributed by atoms with van der Waals surface area (Å²) >= 11 is 5.70. The first-order valence-corrected chi connectivity index (χ1v) is 8.00. The van der Waals surface area contributed by atoms with Gasteiger partial charge in [0, 0.05) is 12.4 Å². The van der Waals surface area contributed by atoms with Gasteiger partial charge in [-0.15, -0.1) is 0 Å². The highest BCUT2D eigenvalue weighted by Crippen LogP contribution is 2.54. The topological polar surface area (TPSA) is 52.8 Å². The largest absolute Gasteiger partial charge is 0.493 e. The lowest BCUT2D eigenvalue weighted by molar-refractivity contribution is 0.414. The van der Waals surface area contributed by atoms with Crippen LogP contribution in [-0.2, 0) is 0 Å². The van der Waals surface area contributed by atoms with Gasteiger partial charge in [-0.25, -0.2) is 23.4 Å². The molecule has 25 heavy (non-hydrogen) atoms. The van der Waals surface area contributed by atoms with Crippen LogP contribution in [0, 0.1) is 11.6 Å². The Balaban J connectivity index is 1.66. The first kappa shape index (κ1) is 16.0. The molecular weight excluding hydrogens is 350 g/mol. The van der Waals surface area contributed by atoms with Gasteiger partial charge in [0.1, 0.15) is 5.69 Å². The third-order valence-electron chi connectivity index (χ3n) is 4.36. The van der Waals surface area contributed by atoms with E-state index in [1.54, 1.807) is 18.5 Å². The van der Waals surface area contributed by atoms with Crippen LogP contribution in [0.3, 0.4) is 0 Å². The van der Waals surface area contributed by atoms with E-state index in [9.17, 15) is 8.78 Å². The smallest absolute Gasteiger partial charge is 0.222 e. The minimum atomic E-state index is -0.943. The van der Waals surface area contributed by atoms with E-state index in [1.165, 1.54) is 30.3 Å². The molecule has 3 aromatic rings. The van der Waals surface area contributed by atoms with Crippen LogP contribution >= 0.6 is 11.6 Å². The second-order valence-corrected chi connectivity index (χ2v) is 6.23. The van der Waals surface area contributed by atoms with E-state index in [-0.39, 0.29) is 22.8 Å². The minimum Gasteiger partial charge on any atom is -0.493 e. The van der Waals surface area contributed by atoms with Gasteiger partial charge in [0.05, 0.1) is 19.5 Å². The molecule has 4 rings (SSSR count). The van der Waals surface area contributed by atoms with Crippen molar-refractivity contribution in [3.05, 3.63) is 65.0 Å². The van der Waals surface area contributed by atoms with Crippen molar-refractivity contribution < 1.29 is 13.5 Å². The predicted molar refractivity (Wildman–Crippen MR) is 87.2 cm³/mol. The molecule has 8 heteroatoms. The summed E-state index contributed by atoms with van der Waals surface area (Å²) in [5.74, 6) is -1.13. The van der Waals surface area contributed by atoms with E-state index in [4.69, 9.17) is 16.3 Å². The molecule has 0 amide bonds. The van der Waals surface area contributed by atoms with Crippen LogP contribution in [-0.4, -0.2) is 26.9 Å². The molecule has 1 aromatic carbocycles. The number of methoxy groups -OCH3 is 1. The fraction of sp³-hybridized carbons (Fsp3) is 0.235. The molecule has 1 fully saturated rings. The molecule has 0 bridgehead atoms. The van der Waals surface area contributed by atoms with Crippen LogP contribution in [0.4, 0.5) is 8.78 Å². The maximum Gasteiger partial charge on any atom is 0.222 e. The Kier molecular flexibility index (Phi) is 3.88. The van der Waals surface area contributed by atoms with Crippen molar-refractivity contribution in [2.24, 2.45) is 0 Å². The van der Waals surface area contributed by atoms with Crippen molar-refractivity contribution in [2.75, 3.05) is 7.11 Å². The van der Waals surface area contributed by atoms with Crippen LogP contribution in [0.2, 0.25) is 5.28 Å². The highest BCUT2D eigenvalue weighted by Gasteiger charge is 2.40. The van der Waals surface area contributed by atoms with Gasteiger partial charge < -0.3 is 4.74 Å². The maximum atomic E-state index is 14.2. The van der Waals surface area contributed by atoms with Gasteiger partial charge in [0.2, 0.25) is 5.28 Å². The molecule has 0 radical (unpaired) electrons. The normalized spacial score (nSPS) is 19.0. The summed E-state index contributed by atoms with van der Waals surface area (Å²) in [6.07, 6.45) is 7.09. The zero-order chi connectivity index (χ0) is 17.6. The highest BCUT2D eigenvalue weighted by molar-refractivity contribution is 6.28. The Morgan fingerprint density at radius 3 is 2.52 bits per heavy atom. The quantitative estimate of drug-likeness (QED) is 0.661. The molecule has 0 aliphatic heterocycles. The second-order valence-electron chi connectivity index (χ2n) is 5.89. The lowest BCUT2D eigenvalue weighted by atomic mass is 10.1. The minimum absolute atomic E-state index is 0.0521. The summed E-state index contributed by atoms with van der Waals surface area (Å²) in [7, 11) is 1.48. The molecule has 0 saturated heterocycles. The van der Waals surface area contributed by atoms with Crippen molar-refractivity contribution in [1.29, 1.82) is 0 Å². The van der Waals surface area contributed by atoms with E-state index >= 15 is 0 Å². The number of rotatable bonds is 4. The van der Waals surface area contributed by atoms with Crippen LogP contribution in [0.25, 0.3) is 5.69 Å². The Morgan fingerprint density at radius 1 is 1.12 bits per heavy atom. The number of aromatic nitrogens is 4. The molecule has 0 N–H and O–H groups in total. The summed E-state index contributed by atoms with van der Waals surface area (Å²) in [6.45, 7) is 0. The molecular formula is C17H13ClF2N4O. The molecule has 1 aliphatic carbocycles. The number of halogens is 3. The predicted octanol–water partition coefficient (Wildman–Crippen LogP) is 3.87. The number of benzene rings is 1. The number of hydrogen-bond acceptors (Lipinski definition) is 4. The zero-order valence-corrected chi connectivity index (χ0v) is 13.9. The maximum absolute atomic E-state index is 14.2. The molecule has 2 aromatic heterocycles. The molecule has 1 aliphatic rings. The van der Waals surface area contributed by atoms with Gasteiger partial charge in [0.15, 0.2) is 17.4 Å². The van der Waals surface area contributed by atoms with Crippen LogP contribution < -0.4 is 4.74 Å². The third kappa shape index (κ3) is 2.95. The molecule has 2 heterocycles. The lowest BCUT2D eigenvalue weighted by Gasteiger charge is -2.08. The average Bonchev–Trinajstić information content (AvgIpc) is 3.26. The SMILES string of the molecule is COc1cnn(-c2cc(C3CC3c3cnc(Cl)nc3)cc(F)c2F)c1. The second kappa shape index (κ2) is 6.07. The van der Waals surface area contributed by atoms with Crippen molar-refractivity contribution in [1.82, 2.24) is 19.7 Å². The number of nitrogens with zero attached hydrogens (tertiary/aromatic N) is 4. The first-order chi connectivity index (χ1) is 12.1. The van der Waals surface area contributed by atoms with E-state index in [2.05, 4.69) is 15.1 Å². The average molecular weight is 363 g/mol. The number of hydrogen-bond donors (Lipinski definition) is 0. The first-order valence-electron chi connectivity index (χ1n) is 7.62. The van der Waals surface area contributed by atoms with Gasteiger partial charge in [-0.05, 0) is 53.1 Å². The Bertz CT molecular complexity index is 929. The summed E-state index contributed by atoms with van der Waals surface area (Å²) in [5, 5.41) is 4.20. The molecule has 2 unspecified atom stereocenters. The molecule has 1 saturated carbocycles. The van der Waals surface area contributed by atoms with E-state index in [0.29, 0.717) is 11.3 Å². The Hall–Kier alpha value is -2.54. The highest BCUT2D eigenvalue weighted by atomic mass is 35.5. The van der Waals surface area contributed by atoms with Gasteiger partial charge in [-0.1, -0.05) is 0 Å². The van der Waals surface area contributed by atoms with Gasteiger partial charge in [0.25, 0.3) is 0 Å². The van der Waals surface area contributed by atoms with Crippen LogP contribution in [0.5, 0.6) is 5.75 Å². The molecule has 2 atom stereocenters. The van der Waals surface area contributed by atoms with Crippen molar-refractivity contribution in [2.45, 2.75) is 18.3 Å². The lowest BCUT2D eigenvalue weighted by Crippen LogP contribution is -2.02. The fourth-order valence-corrected chi connectivity index (χ4v) is 3.06. The zero-order valence-electron chi connectivity index (χ0n) is 13.2. The fourth-order valence-electron chi connectivity index (χ4n) is 2.96. The monoisotopic (exact) mass is 362 g/mol. The molecule has 5 nitrogen and oxygen atoms in total. The van der Waals surface area contributed by atoms with Crippen LogP contribution in [0.15, 0.2) is 36.9 Å². The van der Waals surface area contributed by atoms with Crippen molar-refractivity contribution >= 4 is 11.6 Å². The molecule has 128 valence electrons. The summed E-state index contributed by atoms with van der Waals surface area (Å²) in [5.41, 5.74) is 1.70. The van der Waals surface area contributed by atoms with Crippen molar-refractivity contribution in [3.63, 3.8) is 0 Å². The van der Waals surface area contributed by atoms with Gasteiger partial charge in [-0.3, -0.25) is 0 Å². The van der Waals surface area contributed by atoms with Crippen molar-refractivity contribution in [3.8, 4) is 11.4 Å². The van der Waals surface area contributed by atoms with E-state index in [1.807, 2.05) is 0 Å². The van der Waals surface area contributed by atoms with E-state index in [0.717, 1.165) is 12.0 Å². The molecule has 0 spiro atoms. The van der Waals surface area contributed by atoms with Gasteiger partial charge in [-0.2, -0.15) is 5.10 Å². The summed E-state index contributed by atoms with van der Waals surface area (Å²) in [4.78, 5) is 7.94. The third-order valence-corrected chi connectivity index (χ3v) is 4.55. The van der Waals surface area contributed by atoms with Gasteiger partial charge >= 0.3 is 0 Å². The number of ether oxygens (including phenoxy) is 1. The Labute approximate surface area is 147 Å². The standard InChI is InChI=1S/C17H13ClF2N4O/c1-25-11-7-23-24(8-11)15-3-9(2-14(19)16(15)20)12-4-13(12)10-5-21-17(18)22-6-10/h2-3,5-8,12-13H,4H2,1H3. The van der Waals surface area contributed by atoms with Crippen LogP contribution in [0.1, 0.15) is 29.4 Å².